The standard InChI is InChI=1S/C12H21N3O/c1-2-6-15-8-10(7-14-15)11(16)12(9-13)4-3-5-12/h7-8,11,16H,2-6,9,13H2,1H3. The van der Waals surface area contributed by atoms with Gasteiger partial charge in [-0.25, -0.2) is 0 Å². The summed E-state index contributed by atoms with van der Waals surface area (Å²) < 4.78 is 1.89. The summed E-state index contributed by atoms with van der Waals surface area (Å²) in [5.41, 5.74) is 6.62. The maximum Gasteiger partial charge on any atom is 0.0888 e. The van der Waals surface area contributed by atoms with Gasteiger partial charge in [0.25, 0.3) is 0 Å². The number of aliphatic hydroxyl groups is 1. The molecule has 1 saturated carbocycles. The predicted octanol–water partition coefficient (Wildman–Crippen LogP) is 1.46. The Morgan fingerprint density at radius 2 is 2.38 bits per heavy atom. The van der Waals surface area contributed by atoms with Gasteiger partial charge in [0.2, 0.25) is 0 Å². The minimum atomic E-state index is -0.447. The lowest BCUT2D eigenvalue weighted by molar-refractivity contribution is -0.0297. The summed E-state index contributed by atoms with van der Waals surface area (Å²) in [5.74, 6) is 0. The first-order chi connectivity index (χ1) is 7.72. The van der Waals surface area contributed by atoms with E-state index in [1.54, 1.807) is 6.20 Å². The summed E-state index contributed by atoms with van der Waals surface area (Å²) in [6, 6.07) is 0. The zero-order valence-corrected chi connectivity index (χ0v) is 9.89. The first-order valence-corrected chi connectivity index (χ1v) is 6.12. The van der Waals surface area contributed by atoms with Crippen molar-refractivity contribution in [1.82, 2.24) is 9.78 Å². The molecule has 3 N–H and O–H groups in total. The van der Waals surface area contributed by atoms with Crippen molar-refractivity contribution < 1.29 is 5.11 Å². The molecule has 1 aromatic rings. The number of nitrogens with two attached hydrogens (primary N) is 1. The molecule has 1 heterocycles. The monoisotopic (exact) mass is 223 g/mol. The third-order valence-corrected chi connectivity index (χ3v) is 3.76. The van der Waals surface area contributed by atoms with Crippen LogP contribution < -0.4 is 5.73 Å². The summed E-state index contributed by atoms with van der Waals surface area (Å²) >= 11 is 0. The van der Waals surface area contributed by atoms with Crippen LogP contribution in [-0.4, -0.2) is 21.4 Å². The summed E-state index contributed by atoms with van der Waals surface area (Å²) in [4.78, 5) is 0. The minimum Gasteiger partial charge on any atom is -0.388 e. The van der Waals surface area contributed by atoms with Gasteiger partial charge < -0.3 is 10.8 Å². The average Bonchev–Trinajstić information content (AvgIpc) is 2.66. The van der Waals surface area contributed by atoms with E-state index in [1.165, 1.54) is 6.42 Å². The summed E-state index contributed by atoms with van der Waals surface area (Å²) in [6.07, 6.45) is 7.57. The summed E-state index contributed by atoms with van der Waals surface area (Å²) in [6.45, 7) is 3.58. The highest BCUT2D eigenvalue weighted by molar-refractivity contribution is 5.14. The van der Waals surface area contributed by atoms with Crippen LogP contribution in [0.4, 0.5) is 0 Å². The van der Waals surface area contributed by atoms with Gasteiger partial charge in [0.05, 0.1) is 12.3 Å². The molecule has 4 nitrogen and oxygen atoms in total. The lowest BCUT2D eigenvalue weighted by atomic mass is 9.64. The van der Waals surface area contributed by atoms with Crippen LogP contribution in [0.1, 0.15) is 44.3 Å². The lowest BCUT2D eigenvalue weighted by Crippen LogP contribution is -2.42. The Labute approximate surface area is 96.5 Å². The third-order valence-electron chi connectivity index (χ3n) is 3.76. The molecular weight excluding hydrogens is 202 g/mol. The molecule has 0 aliphatic heterocycles. The Morgan fingerprint density at radius 1 is 1.62 bits per heavy atom. The molecule has 1 fully saturated rings. The molecule has 0 radical (unpaired) electrons. The first kappa shape index (κ1) is 11.6. The number of hydrogen-bond acceptors (Lipinski definition) is 3. The molecule has 2 rings (SSSR count). The molecule has 0 aromatic carbocycles. The molecule has 1 atom stereocenters. The molecule has 0 spiro atoms. The van der Waals surface area contributed by atoms with Crippen molar-refractivity contribution in [2.24, 2.45) is 11.1 Å². The van der Waals surface area contributed by atoms with Gasteiger partial charge in [0.1, 0.15) is 0 Å². The molecular formula is C12H21N3O. The van der Waals surface area contributed by atoms with E-state index in [0.717, 1.165) is 31.4 Å². The van der Waals surface area contributed by atoms with Crippen LogP contribution in [0, 0.1) is 5.41 Å². The second kappa shape index (κ2) is 4.55. The van der Waals surface area contributed by atoms with E-state index < -0.39 is 6.10 Å². The number of aromatic nitrogens is 2. The lowest BCUT2D eigenvalue weighted by Gasteiger charge is -2.44. The molecule has 1 aliphatic rings. The van der Waals surface area contributed by atoms with Crippen molar-refractivity contribution in [3.63, 3.8) is 0 Å². The normalized spacial score (nSPS) is 20.4. The second-order valence-electron chi connectivity index (χ2n) is 4.86. The second-order valence-corrected chi connectivity index (χ2v) is 4.86. The molecule has 4 heteroatoms. The number of aliphatic hydroxyl groups excluding tert-OH is 1. The van der Waals surface area contributed by atoms with Gasteiger partial charge >= 0.3 is 0 Å². The zero-order valence-electron chi connectivity index (χ0n) is 9.89. The number of hydrogen-bond donors (Lipinski definition) is 2. The molecule has 1 unspecified atom stereocenters. The topological polar surface area (TPSA) is 64.1 Å². The average molecular weight is 223 g/mol. The van der Waals surface area contributed by atoms with Crippen LogP contribution in [0.2, 0.25) is 0 Å². The number of aryl methyl sites for hydroxylation is 1. The summed E-state index contributed by atoms with van der Waals surface area (Å²) in [7, 11) is 0. The summed E-state index contributed by atoms with van der Waals surface area (Å²) in [5, 5.41) is 14.6. The smallest absolute Gasteiger partial charge is 0.0888 e. The van der Waals surface area contributed by atoms with Crippen molar-refractivity contribution in [2.45, 2.75) is 45.3 Å². The fourth-order valence-corrected chi connectivity index (χ4v) is 2.45. The van der Waals surface area contributed by atoms with E-state index >= 15 is 0 Å². The van der Waals surface area contributed by atoms with Crippen molar-refractivity contribution in [2.75, 3.05) is 6.54 Å². The van der Waals surface area contributed by atoms with E-state index in [9.17, 15) is 5.11 Å². The Morgan fingerprint density at radius 3 is 2.88 bits per heavy atom. The van der Waals surface area contributed by atoms with E-state index in [0.29, 0.717) is 6.54 Å². The molecule has 1 aromatic heterocycles. The molecule has 90 valence electrons. The van der Waals surface area contributed by atoms with Crippen molar-refractivity contribution in [3.8, 4) is 0 Å². The Bertz CT molecular complexity index is 338. The van der Waals surface area contributed by atoms with Crippen LogP contribution in [0.3, 0.4) is 0 Å². The fraction of sp³-hybridized carbons (Fsp3) is 0.750. The van der Waals surface area contributed by atoms with E-state index in [1.807, 2.05) is 10.9 Å². The molecule has 0 saturated heterocycles. The molecule has 0 amide bonds. The van der Waals surface area contributed by atoms with Crippen molar-refractivity contribution in [3.05, 3.63) is 18.0 Å². The maximum atomic E-state index is 10.3. The Kier molecular flexibility index (Phi) is 3.30. The first-order valence-electron chi connectivity index (χ1n) is 6.12. The molecule has 16 heavy (non-hydrogen) atoms. The van der Waals surface area contributed by atoms with Gasteiger partial charge in [-0.05, 0) is 19.3 Å². The predicted molar refractivity (Wildman–Crippen MR) is 62.8 cm³/mol. The quantitative estimate of drug-likeness (QED) is 0.794. The van der Waals surface area contributed by atoms with Gasteiger partial charge in [-0.1, -0.05) is 13.3 Å². The van der Waals surface area contributed by atoms with Crippen LogP contribution in [0.5, 0.6) is 0 Å². The highest BCUT2D eigenvalue weighted by Crippen LogP contribution is 2.49. The van der Waals surface area contributed by atoms with Crippen LogP contribution in [0.15, 0.2) is 12.4 Å². The third kappa shape index (κ3) is 1.87. The van der Waals surface area contributed by atoms with Gasteiger partial charge in [-0.2, -0.15) is 5.10 Å². The molecule has 0 bridgehead atoms. The largest absolute Gasteiger partial charge is 0.388 e. The van der Waals surface area contributed by atoms with Gasteiger partial charge in [0, 0.05) is 30.3 Å². The molecule has 1 aliphatic carbocycles. The zero-order chi connectivity index (χ0) is 11.6. The number of rotatable bonds is 5. The van der Waals surface area contributed by atoms with E-state index in [-0.39, 0.29) is 5.41 Å². The highest BCUT2D eigenvalue weighted by Gasteiger charge is 2.43. The van der Waals surface area contributed by atoms with Crippen LogP contribution in [0.25, 0.3) is 0 Å². The van der Waals surface area contributed by atoms with E-state index in [2.05, 4.69) is 12.0 Å². The van der Waals surface area contributed by atoms with Crippen molar-refractivity contribution in [1.29, 1.82) is 0 Å². The van der Waals surface area contributed by atoms with Crippen LogP contribution in [-0.2, 0) is 6.54 Å². The Hall–Kier alpha value is -0.870. The fourth-order valence-electron chi connectivity index (χ4n) is 2.45. The minimum absolute atomic E-state index is 0.0833. The van der Waals surface area contributed by atoms with Gasteiger partial charge in [0.15, 0.2) is 0 Å². The van der Waals surface area contributed by atoms with Gasteiger partial charge in [-0.3, -0.25) is 4.68 Å². The maximum absolute atomic E-state index is 10.3. The highest BCUT2D eigenvalue weighted by atomic mass is 16.3. The Balaban J connectivity index is 2.10. The number of nitrogens with zero attached hydrogens (tertiary/aromatic N) is 2. The van der Waals surface area contributed by atoms with E-state index in [4.69, 9.17) is 5.73 Å². The SMILES string of the molecule is CCCn1cc(C(O)C2(CN)CCC2)cn1. The van der Waals surface area contributed by atoms with Crippen LogP contribution >= 0.6 is 0 Å². The van der Waals surface area contributed by atoms with Crippen molar-refractivity contribution >= 4 is 0 Å². The van der Waals surface area contributed by atoms with Gasteiger partial charge in [-0.15, -0.1) is 0 Å².